The van der Waals surface area contributed by atoms with Crippen LogP contribution in [0.3, 0.4) is 0 Å². The Bertz CT molecular complexity index is 686. The number of hydrogen-bond acceptors (Lipinski definition) is 2. The largest absolute Gasteiger partial charge is 0.336 e. The summed E-state index contributed by atoms with van der Waals surface area (Å²) in [5.41, 5.74) is 4.58. The van der Waals surface area contributed by atoms with Crippen molar-refractivity contribution in [2.75, 3.05) is 0 Å². The predicted molar refractivity (Wildman–Crippen MR) is 80.3 cm³/mol. The monoisotopic (exact) mass is 263 g/mol. The van der Waals surface area contributed by atoms with Gasteiger partial charge in [-0.2, -0.15) is 0 Å². The van der Waals surface area contributed by atoms with Crippen molar-refractivity contribution in [3.05, 3.63) is 72.3 Å². The van der Waals surface area contributed by atoms with Crippen molar-refractivity contribution < 1.29 is 0 Å². The van der Waals surface area contributed by atoms with E-state index in [2.05, 4.69) is 51.9 Å². The number of nitrogens with zero attached hydrogens (tertiary/aromatic N) is 3. The van der Waals surface area contributed by atoms with Crippen LogP contribution in [0.25, 0.3) is 11.4 Å². The molecular weight excluding hydrogens is 246 g/mol. The number of hydrogen-bond donors (Lipinski definition) is 0. The van der Waals surface area contributed by atoms with E-state index in [1.165, 1.54) is 11.1 Å². The minimum atomic E-state index is 0.919. The zero-order valence-electron chi connectivity index (χ0n) is 11.5. The molecule has 3 heteroatoms. The number of rotatable bonds is 4. The van der Waals surface area contributed by atoms with E-state index in [1.807, 2.05) is 24.5 Å². The lowest BCUT2D eigenvalue weighted by molar-refractivity contribution is 0.694. The van der Waals surface area contributed by atoms with Crippen molar-refractivity contribution in [1.82, 2.24) is 14.5 Å². The van der Waals surface area contributed by atoms with E-state index in [4.69, 9.17) is 0 Å². The highest BCUT2D eigenvalue weighted by atomic mass is 15.0. The van der Waals surface area contributed by atoms with Crippen molar-refractivity contribution in [2.45, 2.75) is 19.9 Å². The first-order valence-corrected chi connectivity index (χ1v) is 6.80. The van der Waals surface area contributed by atoms with Crippen LogP contribution >= 0.6 is 0 Å². The molecule has 0 saturated heterocycles. The molecule has 0 aliphatic heterocycles. The molecule has 20 heavy (non-hydrogen) atoms. The third-order valence-electron chi connectivity index (χ3n) is 3.46. The van der Waals surface area contributed by atoms with Crippen LogP contribution in [0.4, 0.5) is 0 Å². The smallest absolute Gasteiger partial charge is 0.107 e. The molecule has 100 valence electrons. The molecule has 0 atom stereocenters. The Labute approximate surface area is 118 Å². The second kappa shape index (κ2) is 5.70. The summed E-state index contributed by atoms with van der Waals surface area (Å²) in [6.45, 7) is 3.09. The molecular formula is C17H17N3. The third-order valence-corrected chi connectivity index (χ3v) is 3.46. The van der Waals surface area contributed by atoms with E-state index in [-0.39, 0.29) is 0 Å². The zero-order chi connectivity index (χ0) is 13.8. The van der Waals surface area contributed by atoms with Crippen molar-refractivity contribution in [3.8, 4) is 11.4 Å². The van der Waals surface area contributed by atoms with Crippen LogP contribution < -0.4 is 0 Å². The summed E-state index contributed by atoms with van der Waals surface area (Å²) in [6, 6.07) is 14.4. The molecule has 0 amide bonds. The van der Waals surface area contributed by atoms with E-state index >= 15 is 0 Å². The van der Waals surface area contributed by atoms with Gasteiger partial charge in [0.1, 0.15) is 5.69 Å². The fourth-order valence-electron chi connectivity index (χ4n) is 2.27. The Morgan fingerprint density at radius 1 is 0.950 bits per heavy atom. The normalized spacial score (nSPS) is 10.7. The molecule has 0 bridgehead atoms. The maximum Gasteiger partial charge on any atom is 0.107 e. The van der Waals surface area contributed by atoms with Crippen molar-refractivity contribution in [3.63, 3.8) is 0 Å². The number of aryl methyl sites for hydroxylation is 3. The zero-order valence-corrected chi connectivity index (χ0v) is 11.5. The third kappa shape index (κ3) is 2.77. The molecule has 3 aromatic rings. The molecule has 0 fully saturated rings. The van der Waals surface area contributed by atoms with Gasteiger partial charge in [-0.15, -0.1) is 0 Å². The molecule has 2 aromatic heterocycles. The number of pyridine rings is 1. The summed E-state index contributed by atoms with van der Waals surface area (Å²) in [5, 5.41) is 0. The van der Waals surface area contributed by atoms with Crippen LogP contribution in [0, 0.1) is 6.92 Å². The van der Waals surface area contributed by atoms with Crippen molar-refractivity contribution in [1.29, 1.82) is 0 Å². The molecule has 0 saturated carbocycles. The van der Waals surface area contributed by atoms with Gasteiger partial charge >= 0.3 is 0 Å². The molecule has 1 aromatic carbocycles. The predicted octanol–water partition coefficient (Wildman–Crippen LogP) is 3.50. The first kappa shape index (κ1) is 12.6. The lowest BCUT2D eigenvalue weighted by Gasteiger charge is -2.05. The van der Waals surface area contributed by atoms with Crippen LogP contribution in [-0.4, -0.2) is 14.5 Å². The maximum absolute atomic E-state index is 4.42. The first-order valence-electron chi connectivity index (χ1n) is 6.80. The Morgan fingerprint density at radius 2 is 1.80 bits per heavy atom. The topological polar surface area (TPSA) is 30.7 Å². The highest BCUT2D eigenvalue weighted by molar-refractivity contribution is 5.52. The molecule has 0 unspecified atom stereocenters. The van der Waals surface area contributed by atoms with Gasteiger partial charge in [0.25, 0.3) is 0 Å². The van der Waals surface area contributed by atoms with E-state index < -0.39 is 0 Å². The first-order chi connectivity index (χ1) is 9.83. The van der Waals surface area contributed by atoms with Gasteiger partial charge in [-0.25, -0.2) is 4.98 Å². The van der Waals surface area contributed by atoms with Gasteiger partial charge in [-0.3, -0.25) is 4.98 Å². The van der Waals surface area contributed by atoms with Crippen LogP contribution in [0.5, 0.6) is 0 Å². The lowest BCUT2D eigenvalue weighted by Crippen LogP contribution is -1.99. The minimum Gasteiger partial charge on any atom is -0.336 e. The molecule has 0 spiro atoms. The lowest BCUT2D eigenvalue weighted by atomic mass is 10.1. The number of aromatic nitrogens is 3. The minimum absolute atomic E-state index is 0.919. The van der Waals surface area contributed by atoms with Gasteiger partial charge in [0.2, 0.25) is 0 Å². The fraction of sp³-hybridized carbons (Fsp3) is 0.176. The Kier molecular flexibility index (Phi) is 3.59. The average molecular weight is 263 g/mol. The summed E-state index contributed by atoms with van der Waals surface area (Å²) in [7, 11) is 0. The summed E-state index contributed by atoms with van der Waals surface area (Å²) < 4.78 is 2.12. The highest BCUT2D eigenvalue weighted by Crippen LogP contribution is 2.14. The Morgan fingerprint density at radius 3 is 2.60 bits per heavy atom. The summed E-state index contributed by atoms with van der Waals surface area (Å²) in [4.78, 5) is 8.74. The van der Waals surface area contributed by atoms with Crippen molar-refractivity contribution in [2.24, 2.45) is 0 Å². The van der Waals surface area contributed by atoms with Gasteiger partial charge in [-0.1, -0.05) is 30.3 Å². The molecule has 3 nitrogen and oxygen atoms in total. The van der Waals surface area contributed by atoms with E-state index in [1.54, 1.807) is 6.20 Å². The van der Waals surface area contributed by atoms with Gasteiger partial charge in [0.05, 0.1) is 12.0 Å². The van der Waals surface area contributed by atoms with Crippen LogP contribution in [0.1, 0.15) is 11.1 Å². The second-order valence-corrected chi connectivity index (χ2v) is 4.89. The summed E-state index contributed by atoms with van der Waals surface area (Å²) >= 11 is 0. The van der Waals surface area contributed by atoms with E-state index in [0.717, 1.165) is 24.4 Å². The molecule has 0 aliphatic carbocycles. The van der Waals surface area contributed by atoms with Crippen LogP contribution in [0.2, 0.25) is 0 Å². The second-order valence-electron chi connectivity index (χ2n) is 4.89. The summed E-state index contributed by atoms with van der Waals surface area (Å²) in [5.74, 6) is 0. The quantitative estimate of drug-likeness (QED) is 0.721. The van der Waals surface area contributed by atoms with Gasteiger partial charge in [0.15, 0.2) is 0 Å². The highest BCUT2D eigenvalue weighted by Gasteiger charge is 2.03. The Hall–Kier alpha value is -2.42. The fourth-order valence-corrected chi connectivity index (χ4v) is 2.27. The van der Waals surface area contributed by atoms with Crippen LogP contribution in [0.15, 0.2) is 61.2 Å². The molecule has 2 heterocycles. The average Bonchev–Trinajstić information content (AvgIpc) is 2.96. The Balaban J connectivity index is 1.71. The number of imidazole rings is 1. The number of benzene rings is 1. The molecule has 0 N–H and O–H groups in total. The van der Waals surface area contributed by atoms with Crippen LogP contribution in [-0.2, 0) is 13.0 Å². The van der Waals surface area contributed by atoms with E-state index in [9.17, 15) is 0 Å². The van der Waals surface area contributed by atoms with Gasteiger partial charge in [0, 0.05) is 18.9 Å². The standard InChI is InChI=1S/C17H17N3/c1-14-6-2-3-7-15(14)9-11-20-12-17(19-13-20)16-8-4-5-10-18-16/h2-8,10,12-13H,9,11H2,1H3. The molecule has 0 radical (unpaired) electrons. The molecule has 0 aliphatic rings. The van der Waals surface area contributed by atoms with Crippen molar-refractivity contribution >= 4 is 0 Å². The van der Waals surface area contributed by atoms with E-state index in [0.29, 0.717) is 0 Å². The molecule has 3 rings (SSSR count). The van der Waals surface area contributed by atoms with Gasteiger partial charge in [-0.05, 0) is 36.6 Å². The SMILES string of the molecule is Cc1ccccc1CCn1cnc(-c2ccccn2)c1. The van der Waals surface area contributed by atoms with Gasteiger partial charge < -0.3 is 4.57 Å². The maximum atomic E-state index is 4.42. The summed E-state index contributed by atoms with van der Waals surface area (Å²) in [6.07, 6.45) is 6.75.